The molecule has 6 heteroatoms. The van der Waals surface area contributed by atoms with Gasteiger partial charge in [0.2, 0.25) is 0 Å². The third kappa shape index (κ3) is 1.57. The summed E-state index contributed by atoms with van der Waals surface area (Å²) in [5.41, 5.74) is 2.25. The Morgan fingerprint density at radius 2 is 2.06 bits per heavy atom. The third-order valence-electron chi connectivity index (χ3n) is 2.11. The maximum atomic E-state index is 4.33. The highest BCUT2D eigenvalue weighted by Gasteiger charge is 2.07. The van der Waals surface area contributed by atoms with Gasteiger partial charge in [0, 0.05) is 23.1 Å². The van der Waals surface area contributed by atoms with Gasteiger partial charge in [0.25, 0.3) is 0 Å². The summed E-state index contributed by atoms with van der Waals surface area (Å²) in [6.07, 6.45) is 6.63. The van der Waals surface area contributed by atoms with Crippen LogP contribution in [0.3, 0.4) is 0 Å². The second-order valence-electron chi connectivity index (χ2n) is 3.20. The van der Waals surface area contributed by atoms with Crippen LogP contribution in [0.1, 0.15) is 0 Å². The molecule has 0 aliphatic rings. The van der Waals surface area contributed by atoms with E-state index in [-0.39, 0.29) is 0 Å². The first-order valence-electron chi connectivity index (χ1n) is 4.60. The van der Waals surface area contributed by atoms with Gasteiger partial charge in [-0.3, -0.25) is 4.98 Å². The summed E-state index contributed by atoms with van der Waals surface area (Å²) in [5, 5.41) is 0. The zero-order valence-electron chi connectivity index (χ0n) is 8.05. The molecular formula is C10H6BrN5. The molecule has 0 fully saturated rings. The highest BCUT2D eigenvalue weighted by molar-refractivity contribution is 9.10. The number of aromatic nitrogens is 5. The summed E-state index contributed by atoms with van der Waals surface area (Å²) >= 11 is 3.36. The molecule has 0 aromatic carbocycles. The number of rotatable bonds is 1. The normalized spacial score (nSPS) is 10.8. The Morgan fingerprint density at radius 3 is 2.88 bits per heavy atom. The lowest BCUT2D eigenvalue weighted by Crippen LogP contribution is -1.85. The van der Waals surface area contributed by atoms with Crippen LogP contribution in [0.2, 0.25) is 0 Å². The number of fused-ring (bicyclic) bond motifs is 1. The Balaban J connectivity index is 2.19. The van der Waals surface area contributed by atoms with Gasteiger partial charge in [-0.1, -0.05) is 0 Å². The van der Waals surface area contributed by atoms with Crippen molar-refractivity contribution in [2.75, 3.05) is 0 Å². The molecule has 3 aromatic rings. The molecule has 5 nitrogen and oxygen atoms in total. The summed E-state index contributed by atoms with van der Waals surface area (Å²) < 4.78 is 0.911. The SMILES string of the molecule is Brc1cnc2nc(-c3cnccn3)[nH]c2c1. The van der Waals surface area contributed by atoms with Gasteiger partial charge in [-0.15, -0.1) is 0 Å². The predicted octanol–water partition coefficient (Wildman–Crippen LogP) is 2.18. The highest BCUT2D eigenvalue weighted by atomic mass is 79.9. The number of imidazole rings is 1. The number of nitrogens with one attached hydrogen (secondary N) is 1. The van der Waals surface area contributed by atoms with Gasteiger partial charge in [-0.05, 0) is 22.0 Å². The fraction of sp³-hybridized carbons (Fsp3) is 0. The molecule has 78 valence electrons. The number of halogens is 1. The number of nitrogens with zero attached hydrogens (tertiary/aromatic N) is 4. The molecule has 3 aromatic heterocycles. The zero-order chi connectivity index (χ0) is 11.0. The molecule has 16 heavy (non-hydrogen) atoms. The van der Waals surface area contributed by atoms with Crippen LogP contribution in [-0.2, 0) is 0 Å². The average molecular weight is 276 g/mol. The van der Waals surface area contributed by atoms with Crippen molar-refractivity contribution >= 4 is 27.1 Å². The van der Waals surface area contributed by atoms with Crippen LogP contribution in [0.4, 0.5) is 0 Å². The van der Waals surface area contributed by atoms with Crippen molar-refractivity contribution in [1.82, 2.24) is 24.9 Å². The van der Waals surface area contributed by atoms with E-state index in [4.69, 9.17) is 0 Å². The molecular weight excluding hydrogens is 270 g/mol. The van der Waals surface area contributed by atoms with E-state index in [1.165, 1.54) is 0 Å². The fourth-order valence-electron chi connectivity index (χ4n) is 1.42. The quantitative estimate of drug-likeness (QED) is 0.739. The molecule has 0 saturated carbocycles. The van der Waals surface area contributed by atoms with Crippen molar-refractivity contribution < 1.29 is 0 Å². The van der Waals surface area contributed by atoms with Crippen molar-refractivity contribution in [3.63, 3.8) is 0 Å². The second kappa shape index (κ2) is 3.64. The smallest absolute Gasteiger partial charge is 0.178 e. The standard InChI is InChI=1S/C10H6BrN5/c11-6-3-7-9(14-4-6)16-10(15-7)8-5-12-1-2-13-8/h1-5H,(H,14,15,16). The van der Waals surface area contributed by atoms with E-state index in [0.717, 1.165) is 9.99 Å². The molecule has 0 atom stereocenters. The number of aromatic amines is 1. The first-order chi connectivity index (χ1) is 7.83. The number of hydrogen-bond donors (Lipinski definition) is 1. The van der Waals surface area contributed by atoms with Crippen LogP contribution < -0.4 is 0 Å². The van der Waals surface area contributed by atoms with Gasteiger partial charge in [0.05, 0.1) is 11.7 Å². The molecule has 0 saturated heterocycles. The fourth-order valence-corrected chi connectivity index (χ4v) is 1.75. The Hall–Kier alpha value is -1.82. The monoisotopic (exact) mass is 275 g/mol. The van der Waals surface area contributed by atoms with Crippen molar-refractivity contribution in [1.29, 1.82) is 0 Å². The van der Waals surface area contributed by atoms with Gasteiger partial charge in [-0.2, -0.15) is 0 Å². The average Bonchev–Trinajstić information content (AvgIpc) is 2.73. The van der Waals surface area contributed by atoms with Crippen LogP contribution in [0.15, 0.2) is 35.3 Å². The molecule has 3 rings (SSSR count). The first kappa shape index (κ1) is 9.41. The Bertz CT molecular complexity index is 634. The predicted molar refractivity (Wildman–Crippen MR) is 62.6 cm³/mol. The van der Waals surface area contributed by atoms with E-state index in [1.54, 1.807) is 24.8 Å². The van der Waals surface area contributed by atoms with E-state index >= 15 is 0 Å². The molecule has 3 heterocycles. The van der Waals surface area contributed by atoms with Gasteiger partial charge >= 0.3 is 0 Å². The third-order valence-corrected chi connectivity index (χ3v) is 2.54. The van der Waals surface area contributed by atoms with Crippen LogP contribution in [0.25, 0.3) is 22.7 Å². The Labute approximate surface area is 99.1 Å². The van der Waals surface area contributed by atoms with Crippen molar-refractivity contribution in [2.45, 2.75) is 0 Å². The minimum absolute atomic E-state index is 0.670. The maximum Gasteiger partial charge on any atom is 0.178 e. The minimum Gasteiger partial charge on any atom is -0.335 e. The molecule has 1 N–H and O–H groups in total. The lowest BCUT2D eigenvalue weighted by atomic mass is 10.4. The van der Waals surface area contributed by atoms with Gasteiger partial charge in [0.15, 0.2) is 11.5 Å². The molecule has 0 radical (unpaired) electrons. The molecule has 0 spiro atoms. The summed E-state index contributed by atoms with van der Waals surface area (Å²) in [6.45, 7) is 0. The van der Waals surface area contributed by atoms with E-state index in [2.05, 4.69) is 40.8 Å². The van der Waals surface area contributed by atoms with Crippen molar-refractivity contribution in [3.8, 4) is 11.5 Å². The van der Waals surface area contributed by atoms with E-state index in [1.807, 2.05) is 6.07 Å². The summed E-state index contributed by atoms with van der Waals surface area (Å²) in [4.78, 5) is 19.8. The summed E-state index contributed by atoms with van der Waals surface area (Å²) in [6, 6.07) is 1.93. The van der Waals surface area contributed by atoms with E-state index < -0.39 is 0 Å². The number of hydrogen-bond acceptors (Lipinski definition) is 4. The molecule has 0 unspecified atom stereocenters. The Kier molecular flexibility index (Phi) is 2.14. The largest absolute Gasteiger partial charge is 0.335 e. The lowest BCUT2D eigenvalue weighted by Gasteiger charge is -1.91. The second-order valence-corrected chi connectivity index (χ2v) is 4.12. The highest BCUT2D eigenvalue weighted by Crippen LogP contribution is 2.19. The summed E-state index contributed by atoms with van der Waals surface area (Å²) in [7, 11) is 0. The van der Waals surface area contributed by atoms with E-state index in [0.29, 0.717) is 17.2 Å². The number of pyridine rings is 1. The molecule has 0 bridgehead atoms. The van der Waals surface area contributed by atoms with Gasteiger partial charge < -0.3 is 4.98 Å². The zero-order valence-corrected chi connectivity index (χ0v) is 9.64. The molecule has 0 amide bonds. The molecule has 0 aliphatic heterocycles. The van der Waals surface area contributed by atoms with Crippen molar-refractivity contribution in [2.24, 2.45) is 0 Å². The summed E-state index contributed by atoms with van der Waals surface area (Å²) in [5.74, 6) is 0.675. The molecule has 0 aliphatic carbocycles. The van der Waals surface area contributed by atoms with Crippen molar-refractivity contribution in [3.05, 3.63) is 35.3 Å². The van der Waals surface area contributed by atoms with Crippen LogP contribution >= 0.6 is 15.9 Å². The van der Waals surface area contributed by atoms with Gasteiger partial charge in [-0.25, -0.2) is 15.0 Å². The first-order valence-corrected chi connectivity index (χ1v) is 5.40. The van der Waals surface area contributed by atoms with Crippen LogP contribution in [0, 0.1) is 0 Å². The Morgan fingerprint density at radius 1 is 1.12 bits per heavy atom. The van der Waals surface area contributed by atoms with Crippen LogP contribution in [-0.4, -0.2) is 24.9 Å². The van der Waals surface area contributed by atoms with Crippen LogP contribution in [0.5, 0.6) is 0 Å². The number of H-pyrrole nitrogens is 1. The topological polar surface area (TPSA) is 67.3 Å². The maximum absolute atomic E-state index is 4.33. The van der Waals surface area contributed by atoms with Gasteiger partial charge in [0.1, 0.15) is 5.69 Å². The lowest BCUT2D eigenvalue weighted by molar-refractivity contribution is 1.16. The van der Waals surface area contributed by atoms with E-state index in [9.17, 15) is 0 Å². The minimum atomic E-state index is 0.670.